The Bertz CT molecular complexity index is 739. The number of hydrogen-bond donors (Lipinski definition) is 1. The zero-order valence-corrected chi connectivity index (χ0v) is 16.7. The summed E-state index contributed by atoms with van der Waals surface area (Å²) in [7, 11) is 0. The Labute approximate surface area is 168 Å². The highest BCUT2D eigenvalue weighted by Crippen LogP contribution is 2.32. The molecule has 4 nitrogen and oxygen atoms in total. The van der Waals surface area contributed by atoms with Crippen molar-refractivity contribution in [2.45, 2.75) is 38.1 Å². The molecule has 1 saturated heterocycles. The van der Waals surface area contributed by atoms with Gasteiger partial charge in [-0.05, 0) is 61.4 Å². The largest absolute Gasteiger partial charge is 0.494 e. The van der Waals surface area contributed by atoms with E-state index in [0.29, 0.717) is 12.5 Å². The van der Waals surface area contributed by atoms with Gasteiger partial charge in [0.2, 0.25) is 0 Å². The van der Waals surface area contributed by atoms with E-state index in [-0.39, 0.29) is 6.61 Å². The Kier molecular flexibility index (Phi) is 6.50. The number of likely N-dealkylation sites (tertiary alicyclic amines) is 1. The molecule has 0 aromatic heterocycles. The lowest BCUT2D eigenvalue weighted by atomic mass is 10.0. The van der Waals surface area contributed by atoms with Crippen LogP contribution in [-0.2, 0) is 12.8 Å². The van der Waals surface area contributed by atoms with E-state index in [1.165, 1.54) is 50.1 Å². The number of benzene rings is 2. The second kappa shape index (κ2) is 9.44. The Morgan fingerprint density at radius 2 is 1.75 bits per heavy atom. The second-order valence-electron chi connectivity index (χ2n) is 7.96. The number of ether oxygens (including phenoxy) is 1. The summed E-state index contributed by atoms with van der Waals surface area (Å²) >= 11 is 0. The number of aliphatic hydroxyl groups excluding tert-OH is 1. The summed E-state index contributed by atoms with van der Waals surface area (Å²) in [6, 6.07) is 17.7. The van der Waals surface area contributed by atoms with Crippen molar-refractivity contribution in [2.24, 2.45) is 0 Å². The molecular formula is C24H32N2O2. The van der Waals surface area contributed by atoms with Crippen molar-refractivity contribution < 1.29 is 9.84 Å². The first kappa shape index (κ1) is 19.3. The molecule has 1 fully saturated rings. The predicted molar refractivity (Wildman–Crippen MR) is 114 cm³/mol. The van der Waals surface area contributed by atoms with Gasteiger partial charge in [-0.1, -0.05) is 30.3 Å². The van der Waals surface area contributed by atoms with E-state index >= 15 is 0 Å². The van der Waals surface area contributed by atoms with E-state index in [2.05, 4.69) is 34.1 Å². The number of fused-ring (bicyclic) bond motifs is 1. The molecule has 28 heavy (non-hydrogen) atoms. The van der Waals surface area contributed by atoms with Gasteiger partial charge in [0.05, 0.1) is 6.61 Å². The second-order valence-corrected chi connectivity index (χ2v) is 7.96. The maximum absolute atomic E-state index is 8.97. The standard InChI is InChI=1S/C24H32N2O2/c27-18-13-20-6-8-23(9-7-20)28-19-3-14-25-15-11-22(12-16-25)26-17-10-21-4-1-2-5-24(21)26/h1-2,4-9,22,27H,3,10-19H2. The van der Waals surface area contributed by atoms with Crippen LogP contribution in [0.4, 0.5) is 5.69 Å². The van der Waals surface area contributed by atoms with Gasteiger partial charge in [-0.3, -0.25) is 0 Å². The van der Waals surface area contributed by atoms with Crippen molar-refractivity contribution in [2.75, 3.05) is 44.3 Å². The Morgan fingerprint density at radius 3 is 2.54 bits per heavy atom. The fourth-order valence-electron chi connectivity index (χ4n) is 4.56. The van der Waals surface area contributed by atoms with Gasteiger partial charge in [-0.15, -0.1) is 0 Å². The molecule has 2 aromatic rings. The molecule has 2 aliphatic rings. The minimum Gasteiger partial charge on any atom is -0.494 e. The summed E-state index contributed by atoms with van der Waals surface area (Å²) in [5.41, 5.74) is 4.14. The summed E-state index contributed by atoms with van der Waals surface area (Å²) < 4.78 is 5.87. The predicted octanol–water partition coefficient (Wildman–Crippen LogP) is 3.52. The molecular weight excluding hydrogens is 348 g/mol. The monoisotopic (exact) mass is 380 g/mol. The first-order valence-electron chi connectivity index (χ1n) is 10.7. The smallest absolute Gasteiger partial charge is 0.119 e. The first-order valence-corrected chi connectivity index (χ1v) is 10.7. The highest BCUT2D eigenvalue weighted by atomic mass is 16.5. The van der Waals surface area contributed by atoms with Crippen LogP contribution in [0.2, 0.25) is 0 Å². The SMILES string of the molecule is OCCc1ccc(OCCCN2CCC(N3CCc4ccccc43)CC2)cc1. The van der Waals surface area contributed by atoms with E-state index in [0.717, 1.165) is 30.9 Å². The third-order valence-electron chi connectivity index (χ3n) is 6.13. The Balaban J connectivity index is 1.15. The van der Waals surface area contributed by atoms with Crippen molar-refractivity contribution in [1.29, 1.82) is 0 Å². The molecule has 0 bridgehead atoms. The molecule has 4 rings (SSSR count). The van der Waals surface area contributed by atoms with E-state index in [4.69, 9.17) is 9.84 Å². The molecule has 2 aromatic carbocycles. The van der Waals surface area contributed by atoms with Gasteiger partial charge in [-0.2, -0.15) is 0 Å². The van der Waals surface area contributed by atoms with Crippen LogP contribution in [0, 0.1) is 0 Å². The molecule has 150 valence electrons. The molecule has 2 heterocycles. The third-order valence-corrected chi connectivity index (χ3v) is 6.13. The highest BCUT2D eigenvalue weighted by Gasteiger charge is 2.28. The van der Waals surface area contributed by atoms with Crippen molar-refractivity contribution in [3.63, 3.8) is 0 Å². The topological polar surface area (TPSA) is 35.9 Å². The van der Waals surface area contributed by atoms with Crippen LogP contribution in [0.1, 0.15) is 30.4 Å². The number of aliphatic hydroxyl groups is 1. The summed E-state index contributed by atoms with van der Waals surface area (Å²) in [5.74, 6) is 0.924. The van der Waals surface area contributed by atoms with Gasteiger partial charge in [0.15, 0.2) is 0 Å². The number of para-hydroxylation sites is 1. The van der Waals surface area contributed by atoms with Crippen LogP contribution >= 0.6 is 0 Å². The van der Waals surface area contributed by atoms with Crippen LogP contribution in [-0.4, -0.2) is 55.4 Å². The van der Waals surface area contributed by atoms with Crippen molar-refractivity contribution in [3.8, 4) is 5.75 Å². The summed E-state index contributed by atoms with van der Waals surface area (Å²) in [4.78, 5) is 5.24. The van der Waals surface area contributed by atoms with Crippen LogP contribution in [0.25, 0.3) is 0 Å². The summed E-state index contributed by atoms with van der Waals surface area (Å²) in [6.45, 7) is 5.65. The van der Waals surface area contributed by atoms with Crippen LogP contribution in [0.3, 0.4) is 0 Å². The molecule has 0 aliphatic carbocycles. The van der Waals surface area contributed by atoms with Gasteiger partial charge in [-0.25, -0.2) is 0 Å². The lowest BCUT2D eigenvalue weighted by Crippen LogP contribution is -2.44. The zero-order chi connectivity index (χ0) is 19.2. The summed E-state index contributed by atoms with van der Waals surface area (Å²) in [6.07, 6.45) is 5.51. The van der Waals surface area contributed by atoms with Crippen LogP contribution in [0.15, 0.2) is 48.5 Å². The van der Waals surface area contributed by atoms with E-state index in [9.17, 15) is 0 Å². The molecule has 4 heteroatoms. The van der Waals surface area contributed by atoms with E-state index < -0.39 is 0 Å². The highest BCUT2D eigenvalue weighted by molar-refractivity contribution is 5.58. The normalized spacial score (nSPS) is 17.7. The van der Waals surface area contributed by atoms with Gasteiger partial charge in [0.1, 0.15) is 5.75 Å². The van der Waals surface area contributed by atoms with Gasteiger partial charge >= 0.3 is 0 Å². The quantitative estimate of drug-likeness (QED) is 0.711. The van der Waals surface area contributed by atoms with E-state index in [1.54, 1.807) is 0 Å². The van der Waals surface area contributed by atoms with E-state index in [1.807, 2.05) is 24.3 Å². The fourth-order valence-corrected chi connectivity index (χ4v) is 4.56. The lowest BCUT2D eigenvalue weighted by Gasteiger charge is -2.38. The van der Waals surface area contributed by atoms with Gasteiger partial charge < -0.3 is 19.6 Å². The maximum Gasteiger partial charge on any atom is 0.119 e. The van der Waals surface area contributed by atoms with Crippen LogP contribution < -0.4 is 9.64 Å². The molecule has 0 radical (unpaired) electrons. The molecule has 0 spiro atoms. The van der Waals surface area contributed by atoms with Crippen LogP contribution in [0.5, 0.6) is 5.75 Å². The number of nitrogens with zero attached hydrogens (tertiary/aromatic N) is 2. The lowest BCUT2D eigenvalue weighted by molar-refractivity contribution is 0.191. The molecule has 0 saturated carbocycles. The average molecular weight is 381 g/mol. The first-order chi connectivity index (χ1) is 13.8. The van der Waals surface area contributed by atoms with Crippen molar-refractivity contribution in [3.05, 3.63) is 59.7 Å². The molecule has 0 atom stereocenters. The van der Waals surface area contributed by atoms with Gasteiger partial charge in [0, 0.05) is 44.5 Å². The Morgan fingerprint density at radius 1 is 0.964 bits per heavy atom. The number of hydrogen-bond acceptors (Lipinski definition) is 4. The fraction of sp³-hybridized carbons (Fsp3) is 0.500. The Hall–Kier alpha value is -2.04. The van der Waals surface area contributed by atoms with Crippen molar-refractivity contribution in [1.82, 2.24) is 4.90 Å². The number of anilines is 1. The molecule has 0 unspecified atom stereocenters. The maximum atomic E-state index is 8.97. The molecule has 2 aliphatic heterocycles. The average Bonchev–Trinajstić information content (AvgIpc) is 3.17. The number of rotatable bonds is 8. The number of piperidine rings is 1. The third kappa shape index (κ3) is 4.68. The zero-order valence-electron chi connectivity index (χ0n) is 16.7. The van der Waals surface area contributed by atoms with Crippen molar-refractivity contribution >= 4 is 5.69 Å². The van der Waals surface area contributed by atoms with Gasteiger partial charge in [0.25, 0.3) is 0 Å². The minimum atomic E-state index is 0.196. The minimum absolute atomic E-state index is 0.196. The molecule has 0 amide bonds. The molecule has 1 N–H and O–H groups in total. The summed E-state index contributed by atoms with van der Waals surface area (Å²) in [5, 5.41) is 8.97.